The van der Waals surface area contributed by atoms with Gasteiger partial charge in [0.05, 0.1) is 17.7 Å². The molecule has 2 aromatic rings. The van der Waals surface area contributed by atoms with Gasteiger partial charge in [0, 0.05) is 12.1 Å². The van der Waals surface area contributed by atoms with Crippen molar-refractivity contribution in [3.8, 4) is 17.2 Å². The fourth-order valence-electron chi connectivity index (χ4n) is 4.22. The first kappa shape index (κ1) is 23.6. The number of hydrogen-bond acceptors (Lipinski definition) is 7. The molecule has 8 heteroatoms. The topological polar surface area (TPSA) is 88.5 Å². The van der Waals surface area contributed by atoms with Crippen LogP contribution >= 0.6 is 0 Å². The number of rotatable bonds is 8. The third-order valence-electron chi connectivity index (χ3n) is 5.76. The van der Waals surface area contributed by atoms with E-state index in [-0.39, 0.29) is 24.2 Å². The van der Waals surface area contributed by atoms with Crippen molar-refractivity contribution in [2.75, 3.05) is 34.0 Å². The van der Waals surface area contributed by atoms with Gasteiger partial charge in [-0.05, 0) is 82.9 Å². The highest BCUT2D eigenvalue weighted by atomic mass is 16.7. The van der Waals surface area contributed by atoms with Crippen molar-refractivity contribution in [1.82, 2.24) is 9.80 Å². The second kappa shape index (κ2) is 9.77. The van der Waals surface area contributed by atoms with Crippen LogP contribution < -0.4 is 14.2 Å². The maximum absolute atomic E-state index is 13.2. The minimum absolute atomic E-state index is 0.0120. The standard InChI is InChI=1S/C26H30N2O6/c1-16(2)34-19-9-6-17(7-10-19)24(29)22-23(18-8-11-20-21(14-18)33-15-32-20)28(26(31)25(22)30)13-5-12-27(3)4/h6-11,14,16,23,29H,5,12-13,15H2,1-4H3/b24-22+/t23-/m0/s1. The lowest BCUT2D eigenvalue weighted by atomic mass is 9.95. The molecule has 0 bridgehead atoms. The number of carbonyl (C=O) groups excluding carboxylic acids is 2. The minimum Gasteiger partial charge on any atom is -0.507 e. The van der Waals surface area contributed by atoms with Crippen LogP contribution in [0.3, 0.4) is 0 Å². The Balaban J connectivity index is 1.75. The van der Waals surface area contributed by atoms with Crippen LogP contribution in [0.25, 0.3) is 5.76 Å². The third-order valence-corrected chi connectivity index (χ3v) is 5.76. The summed E-state index contributed by atoms with van der Waals surface area (Å²) in [5.41, 5.74) is 1.18. The zero-order valence-electron chi connectivity index (χ0n) is 19.9. The fourth-order valence-corrected chi connectivity index (χ4v) is 4.22. The van der Waals surface area contributed by atoms with E-state index in [1.165, 1.54) is 4.90 Å². The second-order valence-corrected chi connectivity index (χ2v) is 8.95. The number of fused-ring (bicyclic) bond motifs is 1. The van der Waals surface area contributed by atoms with E-state index in [2.05, 4.69) is 0 Å². The highest BCUT2D eigenvalue weighted by Crippen LogP contribution is 2.43. The van der Waals surface area contributed by atoms with E-state index in [1.54, 1.807) is 42.5 Å². The molecule has 0 saturated carbocycles. The molecule has 1 amide bonds. The number of likely N-dealkylation sites (tertiary alicyclic amines) is 1. The van der Waals surface area contributed by atoms with Crippen LogP contribution in [0.5, 0.6) is 17.2 Å². The van der Waals surface area contributed by atoms with E-state index < -0.39 is 17.7 Å². The van der Waals surface area contributed by atoms with E-state index in [4.69, 9.17) is 14.2 Å². The molecule has 2 aromatic carbocycles. The lowest BCUT2D eigenvalue weighted by Crippen LogP contribution is -2.32. The van der Waals surface area contributed by atoms with Gasteiger partial charge in [0.1, 0.15) is 11.5 Å². The molecule has 1 atom stereocenters. The first-order chi connectivity index (χ1) is 16.3. The van der Waals surface area contributed by atoms with Gasteiger partial charge in [-0.15, -0.1) is 0 Å². The molecular formula is C26H30N2O6. The lowest BCUT2D eigenvalue weighted by molar-refractivity contribution is -0.139. The van der Waals surface area contributed by atoms with Gasteiger partial charge in [-0.1, -0.05) is 6.07 Å². The van der Waals surface area contributed by atoms with Crippen LogP contribution in [0.4, 0.5) is 0 Å². The predicted octanol–water partition coefficient (Wildman–Crippen LogP) is 3.58. The highest BCUT2D eigenvalue weighted by molar-refractivity contribution is 6.46. The molecule has 0 spiro atoms. The number of ether oxygens (including phenoxy) is 3. The maximum Gasteiger partial charge on any atom is 0.295 e. The number of amides is 1. The molecule has 2 heterocycles. The van der Waals surface area contributed by atoms with E-state index in [1.807, 2.05) is 32.8 Å². The predicted molar refractivity (Wildman–Crippen MR) is 127 cm³/mol. The van der Waals surface area contributed by atoms with Gasteiger partial charge in [0.15, 0.2) is 11.5 Å². The van der Waals surface area contributed by atoms with Gasteiger partial charge in [-0.2, -0.15) is 0 Å². The van der Waals surface area contributed by atoms with Crippen LogP contribution in [0.15, 0.2) is 48.0 Å². The molecule has 34 heavy (non-hydrogen) atoms. The summed E-state index contributed by atoms with van der Waals surface area (Å²) < 4.78 is 16.6. The molecule has 180 valence electrons. The monoisotopic (exact) mass is 466 g/mol. The normalized spacial score (nSPS) is 18.9. The average Bonchev–Trinajstić information content (AvgIpc) is 3.36. The van der Waals surface area contributed by atoms with Crippen LogP contribution in [0.2, 0.25) is 0 Å². The quantitative estimate of drug-likeness (QED) is 0.361. The molecule has 2 aliphatic rings. The summed E-state index contributed by atoms with van der Waals surface area (Å²) in [5.74, 6) is 0.270. The molecule has 0 unspecified atom stereocenters. The molecule has 0 aliphatic carbocycles. The molecule has 2 aliphatic heterocycles. The first-order valence-corrected chi connectivity index (χ1v) is 11.4. The Morgan fingerprint density at radius 3 is 2.50 bits per heavy atom. The lowest BCUT2D eigenvalue weighted by Gasteiger charge is -2.26. The summed E-state index contributed by atoms with van der Waals surface area (Å²) in [6.07, 6.45) is 0.695. The SMILES string of the molecule is CC(C)Oc1ccc(/C(O)=C2\C(=O)C(=O)N(CCCN(C)C)[C@H]2c2ccc3c(c2)OCO3)cc1. The van der Waals surface area contributed by atoms with Crippen molar-refractivity contribution in [2.45, 2.75) is 32.4 Å². The van der Waals surface area contributed by atoms with E-state index in [9.17, 15) is 14.7 Å². The van der Waals surface area contributed by atoms with Crippen molar-refractivity contribution in [1.29, 1.82) is 0 Å². The number of benzene rings is 2. The zero-order valence-corrected chi connectivity index (χ0v) is 19.9. The largest absolute Gasteiger partial charge is 0.507 e. The van der Waals surface area contributed by atoms with Crippen molar-refractivity contribution >= 4 is 17.4 Å². The van der Waals surface area contributed by atoms with Gasteiger partial charge >= 0.3 is 0 Å². The molecule has 0 aromatic heterocycles. The summed E-state index contributed by atoms with van der Waals surface area (Å²) in [5, 5.41) is 11.2. The van der Waals surface area contributed by atoms with Gasteiger partial charge in [0.25, 0.3) is 11.7 Å². The van der Waals surface area contributed by atoms with Crippen molar-refractivity contribution < 1.29 is 28.9 Å². The Morgan fingerprint density at radius 1 is 1.12 bits per heavy atom. The second-order valence-electron chi connectivity index (χ2n) is 8.95. The summed E-state index contributed by atoms with van der Waals surface area (Å²) >= 11 is 0. The van der Waals surface area contributed by atoms with Crippen LogP contribution in [0, 0.1) is 0 Å². The molecule has 1 fully saturated rings. The van der Waals surface area contributed by atoms with Crippen LogP contribution in [-0.2, 0) is 9.59 Å². The third kappa shape index (κ3) is 4.72. The van der Waals surface area contributed by atoms with Crippen molar-refractivity contribution in [3.05, 3.63) is 59.2 Å². The number of aliphatic hydroxyl groups is 1. The summed E-state index contributed by atoms with van der Waals surface area (Å²) in [6, 6.07) is 11.4. The van der Waals surface area contributed by atoms with Gasteiger partial charge in [-0.25, -0.2) is 0 Å². The first-order valence-electron chi connectivity index (χ1n) is 11.4. The van der Waals surface area contributed by atoms with Crippen LogP contribution in [0.1, 0.15) is 37.4 Å². The Bertz CT molecular complexity index is 1110. The molecule has 1 N–H and O–H groups in total. The van der Waals surface area contributed by atoms with Gasteiger partial charge < -0.3 is 29.1 Å². The minimum atomic E-state index is -0.733. The maximum atomic E-state index is 13.2. The number of carbonyl (C=O) groups is 2. The Hall–Kier alpha value is -3.52. The Morgan fingerprint density at radius 2 is 1.82 bits per heavy atom. The van der Waals surface area contributed by atoms with E-state index in [0.29, 0.717) is 41.3 Å². The van der Waals surface area contributed by atoms with Crippen molar-refractivity contribution in [3.63, 3.8) is 0 Å². The Kier molecular flexibility index (Phi) is 6.79. The molecule has 8 nitrogen and oxygen atoms in total. The van der Waals surface area contributed by atoms with Gasteiger partial charge in [-0.3, -0.25) is 9.59 Å². The molecule has 1 saturated heterocycles. The van der Waals surface area contributed by atoms with E-state index in [0.717, 1.165) is 6.54 Å². The molecule has 4 rings (SSSR count). The highest BCUT2D eigenvalue weighted by Gasteiger charge is 2.46. The fraction of sp³-hybridized carbons (Fsp3) is 0.385. The summed E-state index contributed by atoms with van der Waals surface area (Å²) in [7, 11) is 3.91. The number of ketones is 1. The summed E-state index contributed by atoms with van der Waals surface area (Å²) in [6.45, 7) is 5.11. The number of nitrogens with zero attached hydrogens (tertiary/aromatic N) is 2. The summed E-state index contributed by atoms with van der Waals surface area (Å²) in [4.78, 5) is 29.8. The average molecular weight is 467 g/mol. The Labute approximate surface area is 199 Å². The zero-order chi connectivity index (χ0) is 24.4. The molecule has 0 radical (unpaired) electrons. The van der Waals surface area contributed by atoms with Crippen LogP contribution in [-0.4, -0.2) is 66.7 Å². The number of Topliss-reactive ketones (excluding diaryl/α,β-unsaturated/α-hetero) is 1. The number of hydrogen-bond donors (Lipinski definition) is 1. The number of aliphatic hydroxyl groups excluding tert-OH is 1. The van der Waals surface area contributed by atoms with Gasteiger partial charge in [0.2, 0.25) is 6.79 Å². The van der Waals surface area contributed by atoms with Crippen molar-refractivity contribution in [2.24, 2.45) is 0 Å². The van der Waals surface area contributed by atoms with E-state index >= 15 is 0 Å². The molecular weight excluding hydrogens is 436 g/mol. The smallest absolute Gasteiger partial charge is 0.295 e.